The fourth-order valence-electron chi connectivity index (χ4n) is 2.82. The molecule has 1 fully saturated rings. The number of carbonyl (C=O) groups excluding carboxylic acids is 1. The summed E-state index contributed by atoms with van der Waals surface area (Å²) in [7, 11) is 1.54. The van der Waals surface area contributed by atoms with Crippen molar-refractivity contribution in [2.45, 2.75) is 25.8 Å². The number of aliphatic carboxylic acids is 1. The highest BCUT2D eigenvalue weighted by molar-refractivity contribution is 5.85. The average molecular weight is 297 g/mol. The maximum absolute atomic E-state index is 13.1. The smallest absolute Gasteiger partial charge is 0.307 e. The molecular formula is C15H17F2NO3. The van der Waals surface area contributed by atoms with Crippen LogP contribution in [0.2, 0.25) is 0 Å². The summed E-state index contributed by atoms with van der Waals surface area (Å²) in [5, 5.41) is 9.11. The van der Waals surface area contributed by atoms with E-state index in [0.717, 1.165) is 12.1 Å². The van der Waals surface area contributed by atoms with E-state index in [9.17, 15) is 18.4 Å². The van der Waals surface area contributed by atoms with Crippen LogP contribution in [0.4, 0.5) is 8.78 Å². The first kappa shape index (κ1) is 15.4. The van der Waals surface area contributed by atoms with E-state index in [2.05, 4.69) is 0 Å². The van der Waals surface area contributed by atoms with Crippen molar-refractivity contribution in [1.29, 1.82) is 0 Å². The normalized spacial score (nSPS) is 21.3. The van der Waals surface area contributed by atoms with Crippen LogP contribution < -0.4 is 0 Å². The van der Waals surface area contributed by atoms with Crippen LogP contribution in [0.3, 0.4) is 0 Å². The molecule has 0 aliphatic heterocycles. The molecule has 1 saturated carbocycles. The van der Waals surface area contributed by atoms with Gasteiger partial charge in [-0.2, -0.15) is 0 Å². The van der Waals surface area contributed by atoms with E-state index < -0.39 is 29.4 Å². The Bertz CT molecular complexity index is 562. The molecule has 21 heavy (non-hydrogen) atoms. The Morgan fingerprint density at radius 2 is 1.90 bits per heavy atom. The lowest BCUT2D eigenvalue weighted by molar-refractivity contribution is -0.148. The van der Waals surface area contributed by atoms with Gasteiger partial charge in [0.2, 0.25) is 5.91 Å². The van der Waals surface area contributed by atoms with E-state index >= 15 is 0 Å². The number of carboxylic acids is 1. The Morgan fingerprint density at radius 1 is 1.24 bits per heavy atom. The third-order valence-electron chi connectivity index (χ3n) is 3.93. The van der Waals surface area contributed by atoms with Crippen LogP contribution in [0.1, 0.15) is 24.8 Å². The van der Waals surface area contributed by atoms with Crippen molar-refractivity contribution in [1.82, 2.24) is 4.90 Å². The first-order chi connectivity index (χ1) is 9.90. The van der Waals surface area contributed by atoms with E-state index in [4.69, 9.17) is 5.11 Å². The summed E-state index contributed by atoms with van der Waals surface area (Å²) in [6, 6.07) is 3.46. The monoisotopic (exact) mass is 297 g/mol. The fraction of sp³-hybridized carbons (Fsp3) is 0.467. The number of amides is 1. The molecule has 2 atom stereocenters. The van der Waals surface area contributed by atoms with Gasteiger partial charge in [-0.25, -0.2) is 8.78 Å². The van der Waals surface area contributed by atoms with Crippen LogP contribution in [0.25, 0.3) is 0 Å². The summed E-state index contributed by atoms with van der Waals surface area (Å²) in [6.07, 6.45) is 1.77. The molecule has 0 unspecified atom stereocenters. The standard InChI is InChI=1S/C15H17F2NO3/c1-18(8-9-5-6-12(16)13(17)7-9)14(19)10-3-2-4-11(10)15(20)21/h5-7,10-11H,2-4,8H2,1H3,(H,20,21)/t10-,11+/m1/s1. The molecule has 1 aliphatic carbocycles. The molecule has 1 aromatic carbocycles. The summed E-state index contributed by atoms with van der Waals surface area (Å²) in [5.41, 5.74) is 0.467. The molecule has 0 spiro atoms. The van der Waals surface area contributed by atoms with Gasteiger partial charge in [0.15, 0.2) is 11.6 Å². The Morgan fingerprint density at radius 3 is 2.52 bits per heavy atom. The van der Waals surface area contributed by atoms with Gasteiger partial charge in [-0.05, 0) is 30.5 Å². The van der Waals surface area contributed by atoms with Crippen molar-refractivity contribution >= 4 is 11.9 Å². The van der Waals surface area contributed by atoms with Gasteiger partial charge in [0, 0.05) is 13.6 Å². The molecule has 0 bridgehead atoms. The minimum absolute atomic E-state index is 0.124. The number of rotatable bonds is 4. The van der Waals surface area contributed by atoms with Gasteiger partial charge in [-0.1, -0.05) is 12.5 Å². The summed E-state index contributed by atoms with van der Waals surface area (Å²) >= 11 is 0. The first-order valence-electron chi connectivity index (χ1n) is 6.82. The lowest BCUT2D eigenvalue weighted by Gasteiger charge is -2.23. The number of carbonyl (C=O) groups is 2. The molecule has 1 N–H and O–H groups in total. The van der Waals surface area contributed by atoms with Crippen LogP contribution >= 0.6 is 0 Å². The zero-order valence-corrected chi connectivity index (χ0v) is 11.7. The predicted octanol–water partition coefficient (Wildman–Crippen LogP) is 2.42. The third kappa shape index (κ3) is 3.37. The van der Waals surface area contributed by atoms with Gasteiger partial charge < -0.3 is 10.0 Å². The number of nitrogens with zero attached hydrogens (tertiary/aromatic N) is 1. The quantitative estimate of drug-likeness (QED) is 0.928. The SMILES string of the molecule is CN(Cc1ccc(F)c(F)c1)C(=O)[C@@H]1CCC[C@@H]1C(=O)O. The van der Waals surface area contributed by atoms with Gasteiger partial charge in [0.1, 0.15) is 0 Å². The summed E-state index contributed by atoms with van der Waals surface area (Å²) in [5.74, 6) is -4.29. The lowest BCUT2D eigenvalue weighted by atomic mass is 9.95. The summed E-state index contributed by atoms with van der Waals surface area (Å²) in [6.45, 7) is 0.124. The van der Waals surface area contributed by atoms with Crippen LogP contribution in [-0.2, 0) is 16.1 Å². The molecule has 0 aromatic heterocycles. The van der Waals surface area contributed by atoms with E-state index in [1.54, 1.807) is 7.05 Å². The molecule has 1 amide bonds. The molecule has 114 valence electrons. The fourth-order valence-corrected chi connectivity index (χ4v) is 2.82. The van der Waals surface area contributed by atoms with Gasteiger partial charge in [0.25, 0.3) is 0 Å². The molecular weight excluding hydrogens is 280 g/mol. The Hall–Kier alpha value is -1.98. The van der Waals surface area contributed by atoms with Crippen molar-refractivity contribution in [3.8, 4) is 0 Å². The van der Waals surface area contributed by atoms with E-state index in [1.165, 1.54) is 11.0 Å². The van der Waals surface area contributed by atoms with E-state index in [1.807, 2.05) is 0 Å². The minimum atomic E-state index is -0.961. The molecule has 1 aromatic rings. The summed E-state index contributed by atoms with van der Waals surface area (Å²) in [4.78, 5) is 24.8. The number of carboxylic acid groups (broad SMARTS) is 1. The Labute approximate surface area is 121 Å². The second-order valence-electron chi connectivity index (χ2n) is 5.42. The van der Waals surface area contributed by atoms with Gasteiger partial charge in [-0.15, -0.1) is 0 Å². The first-order valence-corrected chi connectivity index (χ1v) is 6.82. The van der Waals surface area contributed by atoms with Crippen molar-refractivity contribution in [2.24, 2.45) is 11.8 Å². The molecule has 0 heterocycles. The number of hydrogen-bond donors (Lipinski definition) is 1. The zero-order valence-electron chi connectivity index (χ0n) is 11.7. The number of halogens is 2. The van der Waals surface area contributed by atoms with Crippen molar-refractivity contribution < 1.29 is 23.5 Å². The second-order valence-corrected chi connectivity index (χ2v) is 5.42. The van der Waals surface area contributed by atoms with Crippen molar-refractivity contribution in [3.63, 3.8) is 0 Å². The average Bonchev–Trinajstić information content (AvgIpc) is 2.91. The van der Waals surface area contributed by atoms with Gasteiger partial charge in [-0.3, -0.25) is 9.59 Å². The highest BCUT2D eigenvalue weighted by Gasteiger charge is 2.38. The molecule has 0 radical (unpaired) electrons. The Kier molecular flexibility index (Phi) is 4.55. The second kappa shape index (κ2) is 6.20. The highest BCUT2D eigenvalue weighted by Crippen LogP contribution is 2.33. The van der Waals surface area contributed by atoms with Crippen molar-refractivity contribution in [2.75, 3.05) is 7.05 Å². The van der Waals surface area contributed by atoms with Gasteiger partial charge >= 0.3 is 5.97 Å². The maximum Gasteiger partial charge on any atom is 0.307 e. The Balaban J connectivity index is 2.05. The molecule has 4 nitrogen and oxygen atoms in total. The topological polar surface area (TPSA) is 57.6 Å². The van der Waals surface area contributed by atoms with Crippen LogP contribution in [0.5, 0.6) is 0 Å². The van der Waals surface area contributed by atoms with Gasteiger partial charge in [0.05, 0.1) is 11.8 Å². The highest BCUT2D eigenvalue weighted by atomic mass is 19.2. The zero-order chi connectivity index (χ0) is 15.6. The molecule has 1 aliphatic rings. The van der Waals surface area contributed by atoms with Crippen LogP contribution in [-0.4, -0.2) is 28.9 Å². The van der Waals surface area contributed by atoms with Crippen molar-refractivity contribution in [3.05, 3.63) is 35.4 Å². The van der Waals surface area contributed by atoms with E-state index in [0.29, 0.717) is 24.8 Å². The van der Waals surface area contributed by atoms with Crippen LogP contribution in [0.15, 0.2) is 18.2 Å². The van der Waals surface area contributed by atoms with E-state index in [-0.39, 0.29) is 12.5 Å². The number of hydrogen-bond acceptors (Lipinski definition) is 2. The molecule has 6 heteroatoms. The molecule has 2 rings (SSSR count). The molecule has 0 saturated heterocycles. The third-order valence-corrected chi connectivity index (χ3v) is 3.93. The maximum atomic E-state index is 13.1. The summed E-state index contributed by atoms with van der Waals surface area (Å²) < 4.78 is 26.0. The predicted molar refractivity (Wildman–Crippen MR) is 71.3 cm³/mol. The lowest BCUT2D eigenvalue weighted by Crippen LogP contribution is -2.36. The minimum Gasteiger partial charge on any atom is -0.481 e. The number of benzene rings is 1. The van der Waals surface area contributed by atoms with Crippen LogP contribution in [0, 0.1) is 23.5 Å². The largest absolute Gasteiger partial charge is 0.481 e.